The van der Waals surface area contributed by atoms with E-state index in [4.69, 9.17) is 23.4 Å². The number of hydrogen-bond acceptors (Lipinski definition) is 8. The van der Waals surface area contributed by atoms with Crippen molar-refractivity contribution in [2.75, 3.05) is 14.2 Å². The Morgan fingerprint density at radius 3 is 1.90 bits per heavy atom. The molecule has 0 atom stereocenters. The van der Waals surface area contributed by atoms with Crippen molar-refractivity contribution in [2.24, 2.45) is 0 Å². The van der Waals surface area contributed by atoms with Gasteiger partial charge in [-0.15, -0.1) is 0 Å². The molecule has 0 radical (unpaired) electrons. The van der Waals surface area contributed by atoms with Gasteiger partial charge in [-0.1, -0.05) is 60.7 Å². The summed E-state index contributed by atoms with van der Waals surface area (Å²) in [5.41, 5.74) is 1.42. The molecule has 198 valence electrons. The first-order chi connectivity index (χ1) is 19.0. The van der Waals surface area contributed by atoms with E-state index in [1.54, 1.807) is 18.2 Å². The van der Waals surface area contributed by atoms with Gasteiger partial charge in [-0.2, -0.15) is 0 Å². The summed E-state index contributed by atoms with van der Waals surface area (Å²) in [7, 11) is 2.87. The lowest BCUT2D eigenvalue weighted by Crippen LogP contribution is -2.05. The lowest BCUT2D eigenvalue weighted by atomic mass is 10.1. The smallest absolute Gasteiger partial charge is 0.238 e. The maximum absolute atomic E-state index is 13.2. The molecule has 0 unspecified atom stereocenters. The standard InChI is InChI=1S/C31H26O8/c1-35-22-14-13-21(15-23(22)37-17-19-9-5-3-6-10-19)30-29(34)27(32)26-24(39-30)16-25(31(36-2)28(26)33)38-18-20-11-7-4-8-12-20/h3-16,33-34H,17-18H2,1-2H3. The van der Waals surface area contributed by atoms with Crippen molar-refractivity contribution in [3.05, 3.63) is 106 Å². The lowest BCUT2D eigenvalue weighted by molar-refractivity contribution is 0.278. The summed E-state index contributed by atoms with van der Waals surface area (Å²) in [4.78, 5) is 13.2. The van der Waals surface area contributed by atoms with E-state index in [1.165, 1.54) is 20.3 Å². The van der Waals surface area contributed by atoms with Crippen molar-refractivity contribution in [3.8, 4) is 45.8 Å². The molecule has 0 bridgehead atoms. The zero-order valence-electron chi connectivity index (χ0n) is 21.3. The maximum Gasteiger partial charge on any atom is 0.238 e. The monoisotopic (exact) mass is 526 g/mol. The fourth-order valence-electron chi connectivity index (χ4n) is 4.18. The van der Waals surface area contributed by atoms with E-state index in [0.29, 0.717) is 17.1 Å². The Morgan fingerprint density at radius 2 is 1.31 bits per heavy atom. The van der Waals surface area contributed by atoms with Gasteiger partial charge in [-0.25, -0.2) is 0 Å². The van der Waals surface area contributed by atoms with Crippen LogP contribution in [0.15, 0.2) is 94.1 Å². The summed E-state index contributed by atoms with van der Waals surface area (Å²) < 4.78 is 28.6. The van der Waals surface area contributed by atoms with E-state index >= 15 is 0 Å². The molecule has 39 heavy (non-hydrogen) atoms. The van der Waals surface area contributed by atoms with Crippen LogP contribution in [0.1, 0.15) is 11.1 Å². The van der Waals surface area contributed by atoms with Crippen LogP contribution < -0.4 is 24.4 Å². The van der Waals surface area contributed by atoms with Gasteiger partial charge in [0.25, 0.3) is 0 Å². The molecule has 4 aromatic carbocycles. The molecule has 8 nitrogen and oxygen atoms in total. The molecule has 0 aliphatic rings. The van der Waals surface area contributed by atoms with E-state index in [9.17, 15) is 15.0 Å². The molecule has 0 spiro atoms. The first-order valence-corrected chi connectivity index (χ1v) is 12.1. The van der Waals surface area contributed by atoms with Crippen LogP contribution in [-0.2, 0) is 13.2 Å². The Balaban J connectivity index is 1.56. The lowest BCUT2D eigenvalue weighted by Gasteiger charge is -2.15. The number of benzene rings is 4. The highest BCUT2D eigenvalue weighted by Gasteiger charge is 2.24. The highest BCUT2D eigenvalue weighted by atomic mass is 16.5. The molecule has 0 aliphatic heterocycles. The molecule has 5 rings (SSSR count). The van der Waals surface area contributed by atoms with Crippen LogP contribution in [-0.4, -0.2) is 24.4 Å². The number of phenolic OH excluding ortho intramolecular Hbond substituents is 1. The molecule has 1 aromatic heterocycles. The van der Waals surface area contributed by atoms with Crippen LogP contribution in [0.2, 0.25) is 0 Å². The van der Waals surface area contributed by atoms with Crippen LogP contribution in [0.25, 0.3) is 22.3 Å². The maximum atomic E-state index is 13.2. The first kappa shape index (κ1) is 25.5. The molecule has 1 heterocycles. The first-order valence-electron chi connectivity index (χ1n) is 12.1. The predicted molar refractivity (Wildman–Crippen MR) is 146 cm³/mol. The average Bonchev–Trinajstić information content (AvgIpc) is 2.97. The second kappa shape index (κ2) is 11.1. The van der Waals surface area contributed by atoms with Gasteiger partial charge >= 0.3 is 0 Å². The van der Waals surface area contributed by atoms with Crippen molar-refractivity contribution in [3.63, 3.8) is 0 Å². The average molecular weight is 527 g/mol. The molecule has 0 amide bonds. The molecule has 0 aliphatic carbocycles. The van der Waals surface area contributed by atoms with E-state index in [0.717, 1.165) is 11.1 Å². The zero-order chi connectivity index (χ0) is 27.4. The molecule has 8 heteroatoms. The van der Waals surface area contributed by atoms with Crippen molar-refractivity contribution in [2.45, 2.75) is 13.2 Å². The topological polar surface area (TPSA) is 108 Å². The number of ether oxygens (including phenoxy) is 4. The molecule has 2 N–H and O–H groups in total. The third-order valence-corrected chi connectivity index (χ3v) is 6.16. The normalized spacial score (nSPS) is 10.8. The van der Waals surface area contributed by atoms with E-state index < -0.39 is 16.9 Å². The van der Waals surface area contributed by atoms with Gasteiger partial charge in [0.1, 0.15) is 24.2 Å². The summed E-state index contributed by atoms with van der Waals surface area (Å²) in [6.07, 6.45) is 0. The van der Waals surface area contributed by atoms with Gasteiger partial charge in [0.05, 0.1) is 14.2 Å². The Labute approximate surface area is 224 Å². The molecule has 5 aromatic rings. The number of aromatic hydroxyl groups is 2. The third-order valence-electron chi connectivity index (χ3n) is 6.16. The summed E-state index contributed by atoms with van der Waals surface area (Å²) >= 11 is 0. The third kappa shape index (κ3) is 5.17. The number of fused-ring (bicyclic) bond motifs is 1. The molecular weight excluding hydrogens is 500 g/mol. The zero-order valence-corrected chi connectivity index (χ0v) is 21.3. The van der Waals surface area contributed by atoms with Gasteiger partial charge in [-0.05, 0) is 29.3 Å². The van der Waals surface area contributed by atoms with Crippen molar-refractivity contribution in [1.29, 1.82) is 0 Å². The largest absolute Gasteiger partial charge is 0.504 e. The summed E-state index contributed by atoms with van der Waals surface area (Å²) in [6, 6.07) is 25.4. The van der Waals surface area contributed by atoms with Gasteiger partial charge in [-0.3, -0.25) is 4.79 Å². The van der Waals surface area contributed by atoms with Gasteiger partial charge < -0.3 is 33.6 Å². The second-order valence-electron chi connectivity index (χ2n) is 8.65. The van der Waals surface area contributed by atoms with Crippen molar-refractivity contribution in [1.82, 2.24) is 0 Å². The van der Waals surface area contributed by atoms with E-state index in [2.05, 4.69) is 0 Å². The number of rotatable bonds is 9. The predicted octanol–water partition coefficient (Wildman–Crippen LogP) is 6.05. The fraction of sp³-hybridized carbons (Fsp3) is 0.129. The Morgan fingerprint density at radius 1 is 0.692 bits per heavy atom. The van der Waals surface area contributed by atoms with Crippen LogP contribution in [0, 0.1) is 0 Å². The SMILES string of the molecule is COc1ccc(-c2oc3cc(OCc4ccccc4)c(OC)c(O)c3c(=O)c2O)cc1OCc1ccccc1. The van der Waals surface area contributed by atoms with E-state index in [-0.39, 0.29) is 41.4 Å². The second-order valence-corrected chi connectivity index (χ2v) is 8.65. The van der Waals surface area contributed by atoms with Gasteiger partial charge in [0, 0.05) is 11.6 Å². The number of methoxy groups -OCH3 is 2. The van der Waals surface area contributed by atoms with E-state index in [1.807, 2.05) is 60.7 Å². The Hall–Kier alpha value is -5.11. The molecule has 0 fully saturated rings. The minimum Gasteiger partial charge on any atom is -0.504 e. The van der Waals surface area contributed by atoms with Gasteiger partial charge in [0.15, 0.2) is 28.8 Å². The van der Waals surface area contributed by atoms with Crippen LogP contribution >= 0.6 is 0 Å². The van der Waals surface area contributed by atoms with Crippen molar-refractivity contribution < 1.29 is 33.6 Å². The number of hydrogen-bond donors (Lipinski definition) is 2. The number of phenols is 1. The highest BCUT2D eigenvalue weighted by Crippen LogP contribution is 2.44. The summed E-state index contributed by atoms with van der Waals surface area (Å²) in [6.45, 7) is 0.474. The van der Waals surface area contributed by atoms with Crippen LogP contribution in [0.5, 0.6) is 34.5 Å². The molecule has 0 saturated heterocycles. The molecule has 0 saturated carbocycles. The molecular formula is C31H26O8. The highest BCUT2D eigenvalue weighted by molar-refractivity contribution is 5.91. The summed E-state index contributed by atoms with van der Waals surface area (Å²) in [5.74, 6) is -0.265. The fourth-order valence-corrected chi connectivity index (χ4v) is 4.18. The quantitative estimate of drug-likeness (QED) is 0.239. The Bertz CT molecular complexity index is 1660. The minimum absolute atomic E-state index is 0.0109. The Kier molecular flexibility index (Phi) is 7.27. The van der Waals surface area contributed by atoms with Gasteiger partial charge in [0.2, 0.25) is 16.9 Å². The van der Waals surface area contributed by atoms with Crippen LogP contribution in [0.3, 0.4) is 0 Å². The summed E-state index contributed by atoms with van der Waals surface area (Å²) in [5, 5.41) is 21.5. The van der Waals surface area contributed by atoms with Crippen molar-refractivity contribution >= 4 is 11.0 Å². The van der Waals surface area contributed by atoms with Crippen LogP contribution in [0.4, 0.5) is 0 Å². The minimum atomic E-state index is -0.820.